The first-order chi connectivity index (χ1) is 13.3. The van der Waals surface area contributed by atoms with Crippen molar-refractivity contribution in [3.8, 4) is 11.5 Å². The van der Waals surface area contributed by atoms with E-state index in [0.29, 0.717) is 6.61 Å². The van der Waals surface area contributed by atoms with Crippen LogP contribution in [0.3, 0.4) is 0 Å². The maximum Gasteiger partial charge on any atom is 0.329 e. The Labute approximate surface area is 163 Å². The summed E-state index contributed by atoms with van der Waals surface area (Å²) < 4.78 is 5.22. The molecule has 2 rings (SSSR count). The van der Waals surface area contributed by atoms with Crippen molar-refractivity contribution < 1.29 is 24.4 Å². The predicted octanol–water partition coefficient (Wildman–Crippen LogP) is 2.44. The number of aromatic hydroxyl groups is 1. The van der Waals surface area contributed by atoms with E-state index in [9.17, 15) is 24.8 Å². The number of para-hydroxylation sites is 1. The Hall–Kier alpha value is -3.66. The fourth-order valence-electron chi connectivity index (χ4n) is 2.04. The van der Waals surface area contributed by atoms with Gasteiger partial charge in [0.15, 0.2) is 11.5 Å². The van der Waals surface area contributed by atoms with Crippen LogP contribution in [0.4, 0.5) is 11.4 Å². The van der Waals surface area contributed by atoms with Gasteiger partial charge in [0.2, 0.25) is 0 Å². The number of hydrogen-bond acceptors (Lipinski definition) is 7. The number of phenols is 1. The molecular formula is C17H15ClN4O6. The Balaban J connectivity index is 2.01. The van der Waals surface area contributed by atoms with Crippen molar-refractivity contribution in [3.05, 3.63) is 57.1 Å². The molecule has 0 radical (unpaired) electrons. The second-order valence-corrected chi connectivity index (χ2v) is 5.61. The number of hydrogen-bond donors (Lipinski definition) is 3. The zero-order valence-corrected chi connectivity index (χ0v) is 15.3. The molecule has 0 spiro atoms. The fourth-order valence-corrected chi connectivity index (χ4v) is 2.23. The summed E-state index contributed by atoms with van der Waals surface area (Å²) >= 11 is 5.68. The summed E-state index contributed by atoms with van der Waals surface area (Å²) in [6, 6.07) is 8.26. The number of carbonyl (C=O) groups is 2. The molecule has 0 heterocycles. The van der Waals surface area contributed by atoms with Crippen molar-refractivity contribution in [2.45, 2.75) is 6.92 Å². The van der Waals surface area contributed by atoms with Gasteiger partial charge in [0, 0.05) is 17.3 Å². The third-order valence-corrected chi connectivity index (χ3v) is 3.63. The molecular weight excluding hydrogens is 392 g/mol. The Morgan fingerprint density at radius 1 is 1.32 bits per heavy atom. The first-order valence-corrected chi connectivity index (χ1v) is 8.24. The Morgan fingerprint density at radius 2 is 2.07 bits per heavy atom. The van der Waals surface area contributed by atoms with Crippen LogP contribution in [-0.2, 0) is 9.59 Å². The molecule has 2 amide bonds. The molecule has 3 N–H and O–H groups in total. The van der Waals surface area contributed by atoms with E-state index in [0.717, 1.165) is 12.3 Å². The summed E-state index contributed by atoms with van der Waals surface area (Å²) in [5, 5.41) is 26.5. The summed E-state index contributed by atoms with van der Waals surface area (Å²) in [5.41, 5.74) is 1.85. The highest BCUT2D eigenvalue weighted by molar-refractivity contribution is 6.39. The van der Waals surface area contributed by atoms with Crippen LogP contribution in [0.2, 0.25) is 5.02 Å². The molecule has 0 aliphatic carbocycles. The van der Waals surface area contributed by atoms with Crippen LogP contribution in [0.15, 0.2) is 41.5 Å². The monoisotopic (exact) mass is 406 g/mol. The molecule has 0 saturated heterocycles. The third-order valence-electron chi connectivity index (χ3n) is 3.31. The van der Waals surface area contributed by atoms with Crippen molar-refractivity contribution in [2.75, 3.05) is 11.9 Å². The minimum absolute atomic E-state index is 0.0160. The quantitative estimate of drug-likeness (QED) is 0.291. The fraction of sp³-hybridized carbons (Fsp3) is 0.118. The van der Waals surface area contributed by atoms with Gasteiger partial charge in [-0.2, -0.15) is 5.10 Å². The highest BCUT2D eigenvalue weighted by Gasteiger charge is 2.17. The van der Waals surface area contributed by atoms with Crippen molar-refractivity contribution in [3.63, 3.8) is 0 Å². The summed E-state index contributed by atoms with van der Waals surface area (Å²) in [4.78, 5) is 33.8. The van der Waals surface area contributed by atoms with E-state index in [-0.39, 0.29) is 27.8 Å². The molecule has 0 aliphatic heterocycles. The molecule has 10 nitrogen and oxygen atoms in total. The van der Waals surface area contributed by atoms with E-state index >= 15 is 0 Å². The van der Waals surface area contributed by atoms with E-state index in [4.69, 9.17) is 16.3 Å². The smallest absolute Gasteiger partial charge is 0.329 e. The lowest BCUT2D eigenvalue weighted by Gasteiger charge is -2.07. The largest absolute Gasteiger partial charge is 0.504 e. The van der Waals surface area contributed by atoms with E-state index < -0.39 is 22.4 Å². The molecule has 0 aliphatic rings. The van der Waals surface area contributed by atoms with Gasteiger partial charge in [0.1, 0.15) is 5.02 Å². The summed E-state index contributed by atoms with van der Waals surface area (Å²) in [6.45, 7) is 2.11. The van der Waals surface area contributed by atoms with Gasteiger partial charge in [-0.25, -0.2) is 5.43 Å². The molecule has 0 saturated carbocycles. The first kappa shape index (κ1) is 20.6. The maximum atomic E-state index is 11.9. The van der Waals surface area contributed by atoms with Crippen LogP contribution in [-0.4, -0.2) is 34.7 Å². The minimum atomic E-state index is -1.12. The molecule has 28 heavy (non-hydrogen) atoms. The number of anilines is 1. The number of phenolic OH excluding ortho intramolecular Hbond substituents is 1. The number of nitro groups is 1. The van der Waals surface area contributed by atoms with Gasteiger partial charge < -0.3 is 15.2 Å². The molecule has 0 aromatic heterocycles. The molecule has 2 aromatic rings. The molecule has 0 fully saturated rings. The van der Waals surface area contributed by atoms with Crippen LogP contribution >= 0.6 is 11.6 Å². The van der Waals surface area contributed by atoms with E-state index in [2.05, 4.69) is 10.4 Å². The van der Waals surface area contributed by atoms with E-state index in [1.54, 1.807) is 19.1 Å². The summed E-state index contributed by atoms with van der Waals surface area (Å²) in [5.74, 6) is -2.13. The normalized spacial score (nSPS) is 10.5. The molecule has 146 valence electrons. The van der Waals surface area contributed by atoms with Gasteiger partial charge in [-0.1, -0.05) is 17.7 Å². The number of benzene rings is 2. The van der Waals surface area contributed by atoms with Gasteiger partial charge in [-0.15, -0.1) is 0 Å². The van der Waals surface area contributed by atoms with Crippen LogP contribution < -0.4 is 15.5 Å². The topological polar surface area (TPSA) is 143 Å². The number of halogens is 1. The number of nitrogens with one attached hydrogen (secondary N) is 2. The molecule has 0 unspecified atom stereocenters. The van der Waals surface area contributed by atoms with Gasteiger partial charge in [0.05, 0.1) is 17.7 Å². The molecule has 2 aromatic carbocycles. The maximum absolute atomic E-state index is 11.9. The highest BCUT2D eigenvalue weighted by Crippen LogP contribution is 2.28. The standard InChI is InChI=1S/C17H15ClN4O6/c1-2-28-14-5-3-4-10(15(14)23)9-19-21-17(25)16(24)20-11-6-7-12(18)13(8-11)22(26)27/h3-9,23H,2H2,1H3,(H,20,24)(H,21,25). The number of ether oxygens (including phenoxy) is 1. The molecule has 11 heteroatoms. The Kier molecular flexibility index (Phi) is 6.88. The lowest BCUT2D eigenvalue weighted by atomic mass is 10.2. The Bertz CT molecular complexity index is 947. The predicted molar refractivity (Wildman–Crippen MR) is 102 cm³/mol. The first-order valence-electron chi connectivity index (χ1n) is 7.86. The van der Waals surface area contributed by atoms with Crippen molar-refractivity contribution in [1.29, 1.82) is 0 Å². The number of rotatable bonds is 6. The molecule has 0 atom stereocenters. The molecule has 0 bridgehead atoms. The van der Waals surface area contributed by atoms with Crippen LogP contribution in [0.5, 0.6) is 11.5 Å². The van der Waals surface area contributed by atoms with Crippen LogP contribution in [0, 0.1) is 10.1 Å². The van der Waals surface area contributed by atoms with Crippen molar-refractivity contribution >= 4 is 41.0 Å². The average molecular weight is 407 g/mol. The lowest BCUT2D eigenvalue weighted by Crippen LogP contribution is -2.32. The van der Waals surface area contributed by atoms with E-state index in [1.807, 2.05) is 5.43 Å². The number of nitro benzene ring substituents is 1. The second-order valence-electron chi connectivity index (χ2n) is 5.20. The number of amides is 2. The highest BCUT2D eigenvalue weighted by atomic mass is 35.5. The van der Waals surface area contributed by atoms with Crippen LogP contribution in [0.1, 0.15) is 12.5 Å². The van der Waals surface area contributed by atoms with Gasteiger partial charge in [0.25, 0.3) is 5.69 Å². The minimum Gasteiger partial charge on any atom is -0.504 e. The number of carbonyl (C=O) groups excluding carboxylic acids is 2. The number of hydrazone groups is 1. The zero-order chi connectivity index (χ0) is 20.7. The van der Waals surface area contributed by atoms with Crippen molar-refractivity contribution in [2.24, 2.45) is 5.10 Å². The average Bonchev–Trinajstić information content (AvgIpc) is 2.66. The van der Waals surface area contributed by atoms with E-state index in [1.165, 1.54) is 18.2 Å². The summed E-state index contributed by atoms with van der Waals surface area (Å²) in [6.07, 6.45) is 1.14. The number of nitrogens with zero attached hydrogens (tertiary/aromatic N) is 2. The van der Waals surface area contributed by atoms with Crippen LogP contribution in [0.25, 0.3) is 0 Å². The van der Waals surface area contributed by atoms with Gasteiger partial charge in [-0.05, 0) is 31.2 Å². The Morgan fingerprint density at radius 3 is 2.75 bits per heavy atom. The zero-order valence-electron chi connectivity index (χ0n) is 14.5. The van der Waals surface area contributed by atoms with Crippen molar-refractivity contribution in [1.82, 2.24) is 5.43 Å². The SMILES string of the molecule is CCOc1cccc(C=NNC(=O)C(=O)Nc2ccc(Cl)c([N+](=O)[O-])c2)c1O. The third kappa shape index (κ3) is 5.17. The summed E-state index contributed by atoms with van der Waals surface area (Å²) in [7, 11) is 0. The second kappa shape index (κ2) is 9.33. The lowest BCUT2D eigenvalue weighted by molar-refractivity contribution is -0.384. The van der Waals surface area contributed by atoms with Gasteiger partial charge >= 0.3 is 11.8 Å². The van der Waals surface area contributed by atoms with Gasteiger partial charge in [-0.3, -0.25) is 19.7 Å².